The first-order valence-electron chi connectivity index (χ1n) is 8.48. The van der Waals surface area contributed by atoms with Gasteiger partial charge in [0.05, 0.1) is 29.3 Å². The van der Waals surface area contributed by atoms with Crippen LogP contribution in [0.4, 0.5) is 4.39 Å². The van der Waals surface area contributed by atoms with Gasteiger partial charge in [0.1, 0.15) is 5.82 Å². The molecule has 1 aromatic heterocycles. The summed E-state index contributed by atoms with van der Waals surface area (Å²) in [7, 11) is 0. The maximum absolute atomic E-state index is 13.1. The first-order chi connectivity index (χ1) is 11.4. The molecule has 5 nitrogen and oxygen atoms in total. The summed E-state index contributed by atoms with van der Waals surface area (Å²) in [5.74, 6) is -0.0963. The summed E-state index contributed by atoms with van der Waals surface area (Å²) in [5, 5.41) is 28.2. The van der Waals surface area contributed by atoms with E-state index in [4.69, 9.17) is 0 Å². The number of aliphatic hydroxyl groups is 2. The van der Waals surface area contributed by atoms with E-state index in [9.17, 15) is 14.6 Å². The van der Waals surface area contributed by atoms with Gasteiger partial charge < -0.3 is 10.2 Å². The zero-order valence-corrected chi connectivity index (χ0v) is 14.5. The summed E-state index contributed by atoms with van der Waals surface area (Å²) in [4.78, 5) is 0. The number of benzene rings is 1. The quantitative estimate of drug-likeness (QED) is 0.778. The van der Waals surface area contributed by atoms with Gasteiger partial charge >= 0.3 is 0 Å². The normalized spacial score (nSPS) is 14.1. The minimum atomic E-state index is -0.573. The molecule has 2 N–H and O–H groups in total. The predicted octanol–water partition coefficient (Wildman–Crippen LogP) is 2.98. The topological polar surface area (TPSA) is 71.2 Å². The molecule has 0 aliphatic heterocycles. The van der Waals surface area contributed by atoms with Crippen molar-refractivity contribution in [3.8, 4) is 5.69 Å². The maximum Gasteiger partial charge on any atom is 0.123 e. The molecule has 1 aromatic carbocycles. The highest BCUT2D eigenvalue weighted by molar-refractivity contribution is 5.34. The fourth-order valence-corrected chi connectivity index (χ4v) is 2.69. The Morgan fingerprint density at radius 1 is 1.12 bits per heavy atom. The zero-order valence-electron chi connectivity index (χ0n) is 14.5. The Morgan fingerprint density at radius 3 is 2.38 bits per heavy atom. The van der Waals surface area contributed by atoms with Gasteiger partial charge in [-0.2, -0.15) is 0 Å². The van der Waals surface area contributed by atoms with Gasteiger partial charge in [-0.1, -0.05) is 26.0 Å². The average molecular weight is 335 g/mol. The van der Waals surface area contributed by atoms with Crippen LogP contribution >= 0.6 is 0 Å². The molecule has 0 bridgehead atoms. The van der Waals surface area contributed by atoms with Crippen molar-refractivity contribution in [2.24, 2.45) is 0 Å². The molecule has 0 aliphatic rings. The van der Waals surface area contributed by atoms with E-state index >= 15 is 0 Å². The van der Waals surface area contributed by atoms with E-state index in [1.807, 2.05) is 20.8 Å². The van der Waals surface area contributed by atoms with E-state index in [1.54, 1.807) is 16.8 Å². The minimum absolute atomic E-state index is 0.201. The van der Waals surface area contributed by atoms with Crippen LogP contribution in [0.25, 0.3) is 5.69 Å². The smallest absolute Gasteiger partial charge is 0.123 e. The third-order valence-electron chi connectivity index (χ3n) is 4.14. The molecule has 2 atom stereocenters. The summed E-state index contributed by atoms with van der Waals surface area (Å²) in [6.45, 7) is 5.97. The lowest BCUT2D eigenvalue weighted by molar-refractivity contribution is 0.0736. The van der Waals surface area contributed by atoms with Gasteiger partial charge in [0.2, 0.25) is 0 Å². The van der Waals surface area contributed by atoms with E-state index in [0.29, 0.717) is 25.7 Å². The van der Waals surface area contributed by atoms with Crippen molar-refractivity contribution < 1.29 is 14.6 Å². The van der Waals surface area contributed by atoms with Crippen LogP contribution in [0.1, 0.15) is 57.3 Å². The zero-order chi connectivity index (χ0) is 17.7. The van der Waals surface area contributed by atoms with Crippen LogP contribution in [-0.4, -0.2) is 37.4 Å². The van der Waals surface area contributed by atoms with E-state index < -0.39 is 12.2 Å². The Balaban J connectivity index is 2.20. The van der Waals surface area contributed by atoms with E-state index in [1.165, 1.54) is 12.1 Å². The van der Waals surface area contributed by atoms with Crippen molar-refractivity contribution in [2.75, 3.05) is 0 Å². The number of rotatable bonds is 8. The SMILES string of the molecule is CCC(O)CC(O)CCc1c(C(C)C)nnn1-c1ccc(F)cc1. The molecule has 132 valence electrons. The lowest BCUT2D eigenvalue weighted by atomic mass is 10.0. The summed E-state index contributed by atoms with van der Waals surface area (Å²) < 4.78 is 14.8. The molecule has 2 aromatic rings. The standard InChI is InChI=1S/C18H26FN3O2/c1-4-15(23)11-16(24)9-10-17-18(12(2)3)20-21-22(17)14-7-5-13(19)6-8-14/h5-8,12,15-16,23-24H,4,9-11H2,1-3H3. The third-order valence-corrected chi connectivity index (χ3v) is 4.14. The second kappa shape index (κ2) is 8.35. The first kappa shape index (κ1) is 18.5. The lowest BCUT2D eigenvalue weighted by Crippen LogP contribution is -2.18. The number of aliphatic hydroxyl groups excluding tert-OH is 2. The van der Waals surface area contributed by atoms with Gasteiger partial charge in [-0.05, 0) is 55.9 Å². The van der Waals surface area contributed by atoms with Crippen LogP contribution in [0.2, 0.25) is 0 Å². The molecule has 0 saturated heterocycles. The van der Waals surface area contributed by atoms with Crippen LogP contribution < -0.4 is 0 Å². The Kier molecular flexibility index (Phi) is 6.45. The molecule has 2 unspecified atom stereocenters. The minimum Gasteiger partial charge on any atom is -0.393 e. The van der Waals surface area contributed by atoms with E-state index in [-0.39, 0.29) is 11.7 Å². The first-order valence-corrected chi connectivity index (χ1v) is 8.48. The molecular formula is C18H26FN3O2. The maximum atomic E-state index is 13.1. The summed E-state index contributed by atoms with van der Waals surface area (Å²) in [6, 6.07) is 6.11. The van der Waals surface area contributed by atoms with Crippen molar-refractivity contribution >= 4 is 0 Å². The molecule has 0 radical (unpaired) electrons. The summed E-state index contributed by atoms with van der Waals surface area (Å²) >= 11 is 0. The summed E-state index contributed by atoms with van der Waals surface area (Å²) in [6.07, 6.45) is 1.05. The van der Waals surface area contributed by atoms with Gasteiger partial charge in [-0.15, -0.1) is 5.10 Å². The number of hydrogen-bond donors (Lipinski definition) is 2. The van der Waals surface area contributed by atoms with Crippen molar-refractivity contribution in [3.05, 3.63) is 41.5 Å². The number of nitrogens with zero attached hydrogens (tertiary/aromatic N) is 3. The predicted molar refractivity (Wildman–Crippen MR) is 90.6 cm³/mol. The molecule has 0 fully saturated rings. The van der Waals surface area contributed by atoms with Crippen LogP contribution in [0.15, 0.2) is 24.3 Å². The van der Waals surface area contributed by atoms with Crippen LogP contribution in [0.5, 0.6) is 0 Å². The van der Waals surface area contributed by atoms with Gasteiger partial charge in [0.25, 0.3) is 0 Å². The second-order valence-corrected chi connectivity index (χ2v) is 6.45. The fourth-order valence-electron chi connectivity index (χ4n) is 2.69. The number of aromatic nitrogens is 3. The Labute approximate surface area is 142 Å². The third kappa shape index (κ3) is 4.61. The van der Waals surface area contributed by atoms with Gasteiger partial charge in [-0.3, -0.25) is 0 Å². The number of hydrogen-bond acceptors (Lipinski definition) is 4. The molecular weight excluding hydrogens is 309 g/mol. The Morgan fingerprint density at radius 2 is 1.79 bits per heavy atom. The fraction of sp³-hybridized carbons (Fsp3) is 0.556. The molecule has 6 heteroatoms. The largest absolute Gasteiger partial charge is 0.393 e. The molecule has 0 amide bonds. The molecule has 24 heavy (non-hydrogen) atoms. The van der Waals surface area contributed by atoms with Crippen molar-refractivity contribution in [2.45, 2.75) is 64.6 Å². The van der Waals surface area contributed by atoms with Crippen LogP contribution in [-0.2, 0) is 6.42 Å². The molecule has 0 spiro atoms. The van der Waals surface area contributed by atoms with E-state index in [0.717, 1.165) is 17.1 Å². The Hall–Kier alpha value is -1.79. The van der Waals surface area contributed by atoms with Crippen LogP contribution in [0, 0.1) is 5.82 Å². The number of halogens is 1. The highest BCUT2D eigenvalue weighted by Gasteiger charge is 2.19. The average Bonchev–Trinajstić information content (AvgIpc) is 2.97. The highest BCUT2D eigenvalue weighted by atomic mass is 19.1. The molecule has 2 rings (SSSR count). The molecule has 0 saturated carbocycles. The lowest BCUT2D eigenvalue weighted by Gasteiger charge is -2.15. The van der Waals surface area contributed by atoms with Gasteiger partial charge in [-0.25, -0.2) is 9.07 Å². The molecule has 0 aliphatic carbocycles. The van der Waals surface area contributed by atoms with E-state index in [2.05, 4.69) is 10.3 Å². The second-order valence-electron chi connectivity index (χ2n) is 6.45. The van der Waals surface area contributed by atoms with Crippen molar-refractivity contribution in [3.63, 3.8) is 0 Å². The monoisotopic (exact) mass is 335 g/mol. The van der Waals surface area contributed by atoms with Gasteiger partial charge in [0.15, 0.2) is 0 Å². The highest BCUT2D eigenvalue weighted by Crippen LogP contribution is 2.22. The van der Waals surface area contributed by atoms with Crippen molar-refractivity contribution in [1.29, 1.82) is 0 Å². The van der Waals surface area contributed by atoms with Crippen molar-refractivity contribution in [1.82, 2.24) is 15.0 Å². The van der Waals surface area contributed by atoms with Gasteiger partial charge in [0, 0.05) is 0 Å². The molecule has 1 heterocycles. The Bertz CT molecular complexity index is 640. The van der Waals surface area contributed by atoms with Crippen LogP contribution in [0.3, 0.4) is 0 Å². The summed E-state index contributed by atoms with van der Waals surface area (Å²) in [5.41, 5.74) is 2.54.